The molecule has 0 aliphatic heterocycles. The third kappa shape index (κ3) is 3.09. The van der Waals surface area contributed by atoms with Crippen molar-refractivity contribution in [1.82, 2.24) is 4.31 Å². The Bertz CT molecular complexity index is 241. The van der Waals surface area contributed by atoms with E-state index in [0.717, 1.165) is 0 Å². The summed E-state index contributed by atoms with van der Waals surface area (Å²) in [5.41, 5.74) is -1.24. The summed E-state index contributed by atoms with van der Waals surface area (Å²) in [7, 11) is 1.68. The molecule has 0 aromatic carbocycles. The number of alkyl halides is 1. The van der Waals surface area contributed by atoms with E-state index < -0.39 is 27.8 Å². The molecule has 1 unspecified atom stereocenters. The second kappa shape index (κ2) is 4.80. The summed E-state index contributed by atoms with van der Waals surface area (Å²) in [6.07, 6.45) is 1.38. The van der Waals surface area contributed by atoms with Crippen molar-refractivity contribution in [2.75, 3.05) is 13.7 Å². The maximum atomic E-state index is 14.1. The predicted octanol–water partition coefficient (Wildman–Crippen LogP) is 1.63. The van der Waals surface area contributed by atoms with Crippen LogP contribution in [0.15, 0.2) is 0 Å². The minimum Gasteiger partial charge on any atom is -0.597 e. The number of halogens is 1. The normalized spacial score (nSPS) is 23.2. The Morgan fingerprint density at radius 2 is 2.00 bits per heavy atom. The Morgan fingerprint density at radius 1 is 1.50 bits per heavy atom. The van der Waals surface area contributed by atoms with Crippen LogP contribution >= 0.6 is 0 Å². The Morgan fingerprint density at radius 3 is 2.31 bits per heavy atom. The van der Waals surface area contributed by atoms with Crippen LogP contribution in [0.4, 0.5) is 4.39 Å². The number of aliphatic hydroxyl groups is 1. The smallest absolute Gasteiger partial charge is 0.137 e. The molecule has 1 fully saturated rings. The second-order valence-electron chi connectivity index (χ2n) is 5.47. The molecular formula is C11H22FNO2S. The fourth-order valence-electron chi connectivity index (χ4n) is 1.89. The molecule has 16 heavy (non-hydrogen) atoms. The Labute approximate surface area is 100 Å². The lowest BCUT2D eigenvalue weighted by Gasteiger charge is -2.36. The lowest BCUT2D eigenvalue weighted by molar-refractivity contribution is 0.138. The van der Waals surface area contributed by atoms with Gasteiger partial charge in [0.25, 0.3) is 0 Å². The van der Waals surface area contributed by atoms with Crippen molar-refractivity contribution < 1.29 is 14.0 Å². The maximum Gasteiger partial charge on any atom is 0.137 e. The van der Waals surface area contributed by atoms with Gasteiger partial charge < -0.3 is 9.66 Å². The first kappa shape index (κ1) is 14.2. The average Bonchev–Trinajstić information content (AvgIpc) is 2.90. The molecule has 1 saturated carbocycles. The Kier molecular flexibility index (Phi) is 4.27. The van der Waals surface area contributed by atoms with Gasteiger partial charge in [-0.3, -0.25) is 0 Å². The van der Waals surface area contributed by atoms with Crippen LogP contribution in [0.3, 0.4) is 0 Å². The fraction of sp³-hybridized carbons (Fsp3) is 1.00. The second-order valence-corrected chi connectivity index (χ2v) is 7.77. The number of nitrogens with zero attached hydrogens (tertiary/aromatic N) is 1. The lowest BCUT2D eigenvalue weighted by atomic mass is 10.1. The molecule has 2 atom stereocenters. The summed E-state index contributed by atoms with van der Waals surface area (Å²) < 4.78 is 27.4. The number of aliphatic hydroxyl groups excluding tert-OH is 1. The lowest BCUT2D eigenvalue weighted by Crippen LogP contribution is -2.50. The van der Waals surface area contributed by atoms with Gasteiger partial charge in [-0.05, 0) is 40.0 Å². The third-order valence-corrected chi connectivity index (χ3v) is 4.78. The van der Waals surface area contributed by atoms with Gasteiger partial charge in [-0.25, -0.2) is 4.39 Å². The minimum atomic E-state index is -1.24. The molecule has 1 rings (SSSR count). The van der Waals surface area contributed by atoms with Crippen LogP contribution in [-0.2, 0) is 11.4 Å². The molecule has 5 heteroatoms. The van der Waals surface area contributed by atoms with E-state index in [2.05, 4.69) is 0 Å². The molecule has 0 heterocycles. The van der Waals surface area contributed by atoms with Crippen LogP contribution < -0.4 is 0 Å². The molecule has 96 valence electrons. The Balaban J connectivity index is 2.71. The number of hydrogen-bond donors (Lipinski definition) is 1. The first-order valence-electron chi connectivity index (χ1n) is 5.67. The summed E-state index contributed by atoms with van der Waals surface area (Å²) >= 11 is -1.24. The molecule has 3 nitrogen and oxygen atoms in total. The first-order chi connectivity index (χ1) is 7.22. The van der Waals surface area contributed by atoms with Crippen LogP contribution in [0.25, 0.3) is 0 Å². The van der Waals surface area contributed by atoms with E-state index in [4.69, 9.17) is 5.11 Å². The molecule has 1 aliphatic rings. The van der Waals surface area contributed by atoms with Gasteiger partial charge >= 0.3 is 0 Å². The van der Waals surface area contributed by atoms with Crippen LogP contribution in [0, 0.1) is 0 Å². The van der Waals surface area contributed by atoms with Gasteiger partial charge in [-0.2, -0.15) is 0 Å². The molecule has 0 spiro atoms. The van der Waals surface area contributed by atoms with E-state index in [9.17, 15) is 8.94 Å². The predicted molar refractivity (Wildman–Crippen MR) is 64.2 cm³/mol. The van der Waals surface area contributed by atoms with Gasteiger partial charge in [-0.15, -0.1) is 4.31 Å². The molecule has 1 N–H and O–H groups in total. The zero-order chi connectivity index (χ0) is 12.6. The summed E-state index contributed by atoms with van der Waals surface area (Å²) in [4.78, 5) is 0. The molecule has 0 amide bonds. The van der Waals surface area contributed by atoms with E-state index in [0.29, 0.717) is 19.3 Å². The fourth-order valence-corrected chi connectivity index (χ4v) is 3.28. The van der Waals surface area contributed by atoms with Crippen molar-refractivity contribution >= 4 is 11.4 Å². The van der Waals surface area contributed by atoms with Crippen LogP contribution in [0.1, 0.15) is 40.0 Å². The van der Waals surface area contributed by atoms with Crippen molar-refractivity contribution in [3.63, 3.8) is 0 Å². The quantitative estimate of drug-likeness (QED) is 0.756. The first-order valence-corrected chi connectivity index (χ1v) is 6.77. The van der Waals surface area contributed by atoms with Crippen LogP contribution in [-0.4, -0.2) is 44.1 Å². The van der Waals surface area contributed by atoms with E-state index in [1.807, 2.05) is 20.8 Å². The zero-order valence-corrected chi connectivity index (χ0v) is 11.3. The van der Waals surface area contributed by atoms with Gasteiger partial charge in [0.1, 0.15) is 10.4 Å². The van der Waals surface area contributed by atoms with Crippen LogP contribution in [0.5, 0.6) is 0 Å². The topological polar surface area (TPSA) is 46.5 Å². The standard InChI is InChI=1S/C11H22FNO2S/c1-10(2,3)16(15)13(4)9(5-8-14)11(12)6-7-11/h9,14H,5-8H2,1-4H3/t9?,16-/m1/s1. The zero-order valence-electron chi connectivity index (χ0n) is 10.5. The minimum absolute atomic E-state index is 0.0674. The molecular weight excluding hydrogens is 229 g/mol. The summed E-state index contributed by atoms with van der Waals surface area (Å²) in [6, 6.07) is -0.433. The van der Waals surface area contributed by atoms with Crippen molar-refractivity contribution in [2.45, 2.75) is 56.5 Å². The van der Waals surface area contributed by atoms with Crippen molar-refractivity contribution in [1.29, 1.82) is 0 Å². The van der Waals surface area contributed by atoms with Crippen molar-refractivity contribution in [3.05, 3.63) is 0 Å². The highest BCUT2D eigenvalue weighted by atomic mass is 32.2. The largest absolute Gasteiger partial charge is 0.597 e. The molecule has 0 saturated heterocycles. The molecule has 0 bridgehead atoms. The van der Waals surface area contributed by atoms with E-state index >= 15 is 0 Å². The van der Waals surface area contributed by atoms with E-state index in [1.165, 1.54) is 0 Å². The van der Waals surface area contributed by atoms with Gasteiger partial charge in [-0.1, -0.05) is 0 Å². The summed E-state index contributed by atoms with van der Waals surface area (Å²) in [5.74, 6) is 0. The SMILES string of the molecule is CN(C(CCO)C1(F)CC1)[S@+]([O-])C(C)(C)C. The average molecular weight is 251 g/mol. The molecule has 0 aromatic heterocycles. The highest BCUT2D eigenvalue weighted by Crippen LogP contribution is 2.46. The van der Waals surface area contributed by atoms with Crippen molar-refractivity contribution in [2.24, 2.45) is 0 Å². The number of hydrogen-bond acceptors (Lipinski definition) is 3. The summed E-state index contributed by atoms with van der Waals surface area (Å²) in [5, 5.41) is 8.97. The van der Waals surface area contributed by atoms with Crippen LogP contribution in [0.2, 0.25) is 0 Å². The Hall–Kier alpha value is 0.160. The van der Waals surface area contributed by atoms with Gasteiger partial charge in [0.05, 0.1) is 6.04 Å². The number of rotatable bonds is 5. The third-order valence-electron chi connectivity index (χ3n) is 2.95. The van der Waals surface area contributed by atoms with Gasteiger partial charge in [0.15, 0.2) is 0 Å². The van der Waals surface area contributed by atoms with Crippen molar-refractivity contribution in [3.8, 4) is 0 Å². The van der Waals surface area contributed by atoms with E-state index in [1.54, 1.807) is 11.4 Å². The molecule has 0 aromatic rings. The maximum absolute atomic E-state index is 14.1. The van der Waals surface area contributed by atoms with E-state index in [-0.39, 0.29) is 6.61 Å². The highest BCUT2D eigenvalue weighted by molar-refractivity contribution is 7.90. The molecule has 0 radical (unpaired) electrons. The monoisotopic (exact) mass is 251 g/mol. The van der Waals surface area contributed by atoms with Gasteiger partial charge in [0.2, 0.25) is 0 Å². The highest BCUT2D eigenvalue weighted by Gasteiger charge is 2.55. The molecule has 1 aliphatic carbocycles. The summed E-state index contributed by atoms with van der Waals surface area (Å²) in [6.45, 7) is 5.54. The van der Waals surface area contributed by atoms with Gasteiger partial charge in [0, 0.05) is 25.0 Å².